The molecule has 0 saturated carbocycles. The van der Waals surface area contributed by atoms with Gasteiger partial charge in [-0.2, -0.15) is 0 Å². The molecule has 0 aliphatic carbocycles. The van der Waals surface area contributed by atoms with E-state index in [1.54, 1.807) is 25.2 Å². The van der Waals surface area contributed by atoms with Gasteiger partial charge in [0.1, 0.15) is 17.0 Å². The van der Waals surface area contributed by atoms with Crippen LogP contribution in [0.15, 0.2) is 36.4 Å². The summed E-state index contributed by atoms with van der Waals surface area (Å²) in [5.41, 5.74) is 1.83. The Balaban J connectivity index is 2.20. The van der Waals surface area contributed by atoms with Gasteiger partial charge in [0.2, 0.25) is 0 Å². The molecule has 3 aromatic rings. The number of pyridine rings is 1. The van der Waals surface area contributed by atoms with E-state index in [1.165, 1.54) is 18.2 Å². The number of rotatable bonds is 3. The van der Waals surface area contributed by atoms with E-state index in [4.69, 9.17) is 5.11 Å². The van der Waals surface area contributed by atoms with Crippen molar-refractivity contribution >= 4 is 23.0 Å². The van der Waals surface area contributed by atoms with Gasteiger partial charge < -0.3 is 10.4 Å². The van der Waals surface area contributed by atoms with Crippen LogP contribution in [0.1, 0.15) is 10.5 Å². The smallest absolute Gasteiger partial charge is 0.354 e. The first-order chi connectivity index (χ1) is 10.6. The highest BCUT2D eigenvalue weighted by atomic mass is 19.1. The molecule has 6 nitrogen and oxygen atoms in total. The third-order valence-corrected chi connectivity index (χ3v) is 3.10. The fraction of sp³-hybridized carbons (Fsp3) is 0.0667. The molecule has 0 aliphatic rings. The van der Waals surface area contributed by atoms with E-state index in [9.17, 15) is 9.18 Å². The van der Waals surface area contributed by atoms with Crippen LogP contribution in [0.5, 0.6) is 0 Å². The van der Waals surface area contributed by atoms with Gasteiger partial charge in [0.25, 0.3) is 0 Å². The Morgan fingerprint density at radius 1 is 1.09 bits per heavy atom. The summed E-state index contributed by atoms with van der Waals surface area (Å²) in [6, 6.07) is 8.80. The summed E-state index contributed by atoms with van der Waals surface area (Å²) in [4.78, 5) is 23.7. The number of nitrogens with zero attached hydrogens (tertiary/aromatic N) is 3. The minimum Gasteiger partial charge on any atom is -0.477 e. The van der Waals surface area contributed by atoms with E-state index in [0.717, 1.165) is 0 Å². The summed E-state index contributed by atoms with van der Waals surface area (Å²) in [5.74, 6) is -1.03. The van der Waals surface area contributed by atoms with Crippen LogP contribution in [-0.4, -0.2) is 33.1 Å². The van der Waals surface area contributed by atoms with Crippen molar-refractivity contribution in [2.75, 3.05) is 12.4 Å². The number of aromatic carboxylic acids is 1. The fourth-order valence-corrected chi connectivity index (χ4v) is 2.05. The maximum Gasteiger partial charge on any atom is 0.354 e. The highest BCUT2D eigenvalue weighted by molar-refractivity contribution is 5.89. The molecule has 0 unspecified atom stereocenters. The normalized spacial score (nSPS) is 10.6. The molecule has 0 saturated heterocycles. The average molecular weight is 298 g/mol. The van der Waals surface area contributed by atoms with Crippen molar-refractivity contribution in [1.82, 2.24) is 15.0 Å². The number of hydrogen-bond acceptors (Lipinski definition) is 5. The van der Waals surface area contributed by atoms with Gasteiger partial charge >= 0.3 is 5.97 Å². The summed E-state index contributed by atoms with van der Waals surface area (Å²) < 4.78 is 13.0. The van der Waals surface area contributed by atoms with E-state index >= 15 is 0 Å². The molecule has 0 bridgehead atoms. The van der Waals surface area contributed by atoms with Crippen molar-refractivity contribution < 1.29 is 14.3 Å². The molecule has 0 fully saturated rings. The molecule has 7 heteroatoms. The Morgan fingerprint density at radius 2 is 1.82 bits per heavy atom. The van der Waals surface area contributed by atoms with E-state index in [-0.39, 0.29) is 17.2 Å². The zero-order valence-electron chi connectivity index (χ0n) is 11.5. The Morgan fingerprint density at radius 3 is 2.45 bits per heavy atom. The van der Waals surface area contributed by atoms with Gasteiger partial charge in [0.15, 0.2) is 17.2 Å². The van der Waals surface area contributed by atoms with Gasteiger partial charge in [-0.15, -0.1) is 0 Å². The number of anilines is 1. The SMILES string of the molecule is CNc1nc2nc(C(=O)O)ccc2nc1-c1ccc(F)cc1. The lowest BCUT2D eigenvalue weighted by Gasteiger charge is -2.09. The van der Waals surface area contributed by atoms with Gasteiger partial charge in [-0.25, -0.2) is 24.1 Å². The van der Waals surface area contributed by atoms with Gasteiger partial charge in [0, 0.05) is 12.6 Å². The van der Waals surface area contributed by atoms with Gasteiger partial charge in [0.05, 0.1) is 0 Å². The Kier molecular flexibility index (Phi) is 3.38. The Bertz CT molecular complexity index is 865. The predicted molar refractivity (Wildman–Crippen MR) is 79.2 cm³/mol. The van der Waals surface area contributed by atoms with Crippen molar-refractivity contribution in [2.24, 2.45) is 0 Å². The molecular formula is C15H11FN4O2. The lowest BCUT2D eigenvalue weighted by Crippen LogP contribution is -2.04. The maximum atomic E-state index is 13.0. The van der Waals surface area contributed by atoms with E-state index in [2.05, 4.69) is 20.3 Å². The van der Waals surface area contributed by atoms with Crippen molar-refractivity contribution in [3.8, 4) is 11.3 Å². The number of halogens is 1. The van der Waals surface area contributed by atoms with Gasteiger partial charge in [-0.05, 0) is 36.4 Å². The average Bonchev–Trinajstić information content (AvgIpc) is 2.53. The number of fused-ring (bicyclic) bond motifs is 1. The number of carboxylic acids is 1. The highest BCUT2D eigenvalue weighted by Gasteiger charge is 2.13. The van der Waals surface area contributed by atoms with Crippen LogP contribution in [0.3, 0.4) is 0 Å². The monoisotopic (exact) mass is 298 g/mol. The van der Waals surface area contributed by atoms with Crippen LogP contribution < -0.4 is 5.32 Å². The largest absolute Gasteiger partial charge is 0.477 e. The number of carboxylic acid groups (broad SMARTS) is 1. The van der Waals surface area contributed by atoms with Crippen LogP contribution in [0.2, 0.25) is 0 Å². The molecule has 2 heterocycles. The minimum atomic E-state index is -1.13. The molecule has 110 valence electrons. The Hall–Kier alpha value is -3.09. The second kappa shape index (κ2) is 5.36. The summed E-state index contributed by atoms with van der Waals surface area (Å²) in [7, 11) is 1.67. The van der Waals surface area contributed by atoms with Gasteiger partial charge in [-0.1, -0.05) is 0 Å². The molecule has 0 spiro atoms. The lowest BCUT2D eigenvalue weighted by molar-refractivity contribution is 0.0691. The molecule has 0 aliphatic heterocycles. The first kappa shape index (κ1) is 13.9. The van der Waals surface area contributed by atoms with Crippen molar-refractivity contribution in [3.05, 3.63) is 47.9 Å². The molecule has 3 rings (SSSR count). The molecule has 0 amide bonds. The highest BCUT2D eigenvalue weighted by Crippen LogP contribution is 2.26. The first-order valence-corrected chi connectivity index (χ1v) is 6.44. The van der Waals surface area contributed by atoms with Crippen molar-refractivity contribution in [3.63, 3.8) is 0 Å². The summed E-state index contributed by atoms with van der Waals surface area (Å²) in [5, 5.41) is 11.9. The maximum absolute atomic E-state index is 13.0. The summed E-state index contributed by atoms with van der Waals surface area (Å²) >= 11 is 0. The third-order valence-electron chi connectivity index (χ3n) is 3.10. The van der Waals surface area contributed by atoms with E-state index < -0.39 is 5.97 Å². The van der Waals surface area contributed by atoms with Crippen LogP contribution in [0.4, 0.5) is 10.2 Å². The van der Waals surface area contributed by atoms with Crippen LogP contribution in [-0.2, 0) is 0 Å². The molecule has 0 atom stereocenters. The van der Waals surface area contributed by atoms with Crippen LogP contribution >= 0.6 is 0 Å². The number of benzene rings is 1. The molecular weight excluding hydrogens is 287 g/mol. The lowest BCUT2D eigenvalue weighted by atomic mass is 10.1. The fourth-order valence-electron chi connectivity index (χ4n) is 2.05. The number of nitrogens with one attached hydrogen (secondary N) is 1. The molecule has 1 aromatic carbocycles. The Labute approximate surface area is 124 Å². The summed E-state index contributed by atoms with van der Waals surface area (Å²) in [6.07, 6.45) is 0. The van der Waals surface area contributed by atoms with Crippen LogP contribution in [0.25, 0.3) is 22.4 Å². The standard InChI is InChI=1S/C15H11FN4O2/c1-17-14-12(8-2-4-9(16)5-3-8)18-10-6-7-11(15(21)22)19-13(10)20-14/h2-7H,1H3,(H,21,22)(H,17,19,20). The zero-order valence-corrected chi connectivity index (χ0v) is 11.5. The van der Waals surface area contributed by atoms with Crippen LogP contribution in [0, 0.1) is 5.82 Å². The predicted octanol–water partition coefficient (Wildman–Crippen LogP) is 2.57. The zero-order chi connectivity index (χ0) is 15.7. The third kappa shape index (κ3) is 2.44. The molecule has 2 aromatic heterocycles. The molecule has 22 heavy (non-hydrogen) atoms. The number of aromatic nitrogens is 3. The second-order valence-electron chi connectivity index (χ2n) is 4.52. The van der Waals surface area contributed by atoms with Crippen molar-refractivity contribution in [1.29, 1.82) is 0 Å². The molecule has 2 N–H and O–H groups in total. The van der Waals surface area contributed by atoms with Gasteiger partial charge in [-0.3, -0.25) is 0 Å². The number of hydrogen-bond donors (Lipinski definition) is 2. The summed E-state index contributed by atoms with van der Waals surface area (Å²) in [6.45, 7) is 0. The minimum absolute atomic E-state index is 0.0987. The second-order valence-corrected chi connectivity index (χ2v) is 4.52. The molecule has 0 radical (unpaired) electrons. The quantitative estimate of drug-likeness (QED) is 0.772. The van der Waals surface area contributed by atoms with E-state index in [1.807, 2.05) is 0 Å². The number of carbonyl (C=O) groups is 1. The first-order valence-electron chi connectivity index (χ1n) is 6.44. The van der Waals surface area contributed by atoms with Crippen molar-refractivity contribution in [2.45, 2.75) is 0 Å². The van der Waals surface area contributed by atoms with E-state index in [0.29, 0.717) is 22.6 Å². The topological polar surface area (TPSA) is 88.0 Å².